The fraction of sp³-hybridized carbons (Fsp3) is 0.312. The molecular weight excluding hydrogens is 264 g/mol. The van der Waals surface area contributed by atoms with Gasteiger partial charge in [-0.15, -0.1) is 0 Å². The van der Waals surface area contributed by atoms with Gasteiger partial charge in [0.15, 0.2) is 0 Å². The molecule has 21 heavy (non-hydrogen) atoms. The van der Waals surface area contributed by atoms with E-state index in [9.17, 15) is 4.79 Å². The molecule has 1 fully saturated rings. The van der Waals surface area contributed by atoms with E-state index in [1.54, 1.807) is 18.5 Å². The highest BCUT2D eigenvalue weighted by Gasteiger charge is 2.14. The first-order chi connectivity index (χ1) is 10.3. The van der Waals surface area contributed by atoms with Crippen LogP contribution >= 0.6 is 0 Å². The Morgan fingerprint density at radius 2 is 2.10 bits per heavy atom. The quantitative estimate of drug-likeness (QED) is 0.937. The van der Waals surface area contributed by atoms with Crippen molar-refractivity contribution in [1.29, 1.82) is 5.26 Å². The lowest BCUT2D eigenvalue weighted by Crippen LogP contribution is -2.20. The average Bonchev–Trinajstić information content (AvgIpc) is 3.01. The summed E-state index contributed by atoms with van der Waals surface area (Å²) in [6, 6.07) is 9.32. The van der Waals surface area contributed by atoms with Crippen LogP contribution in [-0.2, 0) is 0 Å². The van der Waals surface area contributed by atoms with E-state index in [4.69, 9.17) is 5.26 Å². The molecule has 106 valence electrons. The predicted octanol–water partition coefficient (Wildman–Crippen LogP) is 2.46. The first-order valence-electron chi connectivity index (χ1n) is 7.12. The third-order valence-corrected chi connectivity index (χ3v) is 3.80. The second-order valence-electron chi connectivity index (χ2n) is 5.24. The lowest BCUT2D eigenvalue weighted by molar-refractivity contribution is 0.750. The van der Waals surface area contributed by atoms with Crippen molar-refractivity contribution in [1.82, 2.24) is 9.55 Å². The summed E-state index contributed by atoms with van der Waals surface area (Å²) in [4.78, 5) is 16.4. The molecule has 1 saturated carbocycles. The number of hydrogen-bond donors (Lipinski definition) is 1. The highest BCUT2D eigenvalue weighted by molar-refractivity contribution is 5.42. The zero-order valence-corrected chi connectivity index (χ0v) is 11.6. The average molecular weight is 280 g/mol. The van der Waals surface area contributed by atoms with E-state index < -0.39 is 0 Å². The molecule has 0 aliphatic heterocycles. The molecule has 1 N–H and O–H groups in total. The van der Waals surface area contributed by atoms with Crippen LogP contribution < -0.4 is 10.9 Å². The van der Waals surface area contributed by atoms with Gasteiger partial charge in [0.2, 0.25) is 0 Å². The maximum atomic E-state index is 12.1. The number of anilines is 1. The Labute approximate surface area is 122 Å². The van der Waals surface area contributed by atoms with Gasteiger partial charge in [-0.25, -0.2) is 4.98 Å². The molecule has 0 atom stereocenters. The van der Waals surface area contributed by atoms with Crippen LogP contribution in [0.25, 0.3) is 5.69 Å². The van der Waals surface area contributed by atoms with Crippen molar-refractivity contribution in [2.75, 3.05) is 5.32 Å². The van der Waals surface area contributed by atoms with Crippen molar-refractivity contribution in [3.8, 4) is 11.8 Å². The maximum absolute atomic E-state index is 12.1. The van der Waals surface area contributed by atoms with Gasteiger partial charge in [0.05, 0.1) is 11.9 Å². The van der Waals surface area contributed by atoms with Gasteiger partial charge in [-0.05, 0) is 37.1 Å². The molecule has 5 nitrogen and oxygen atoms in total. The van der Waals surface area contributed by atoms with E-state index in [1.807, 2.05) is 18.2 Å². The van der Waals surface area contributed by atoms with Gasteiger partial charge in [-0.2, -0.15) is 5.26 Å². The van der Waals surface area contributed by atoms with E-state index in [0.717, 1.165) is 5.82 Å². The predicted molar refractivity (Wildman–Crippen MR) is 80.4 cm³/mol. The highest BCUT2D eigenvalue weighted by Crippen LogP contribution is 2.21. The van der Waals surface area contributed by atoms with Crippen molar-refractivity contribution < 1.29 is 0 Å². The third kappa shape index (κ3) is 2.79. The summed E-state index contributed by atoms with van der Waals surface area (Å²) >= 11 is 0. The molecule has 1 aliphatic carbocycles. The van der Waals surface area contributed by atoms with Crippen molar-refractivity contribution in [2.45, 2.75) is 31.7 Å². The molecule has 0 unspecified atom stereocenters. The maximum Gasteiger partial charge on any atom is 0.273 e. The van der Waals surface area contributed by atoms with Gasteiger partial charge < -0.3 is 5.32 Å². The Morgan fingerprint density at radius 3 is 2.76 bits per heavy atom. The fourth-order valence-electron chi connectivity index (χ4n) is 2.68. The SMILES string of the molecule is N#Cc1cccn(-c2ccc(NC3CCCC3)nc2)c1=O. The van der Waals surface area contributed by atoms with E-state index >= 15 is 0 Å². The number of hydrogen-bond acceptors (Lipinski definition) is 4. The molecule has 0 radical (unpaired) electrons. The van der Waals surface area contributed by atoms with Crippen LogP contribution in [0.5, 0.6) is 0 Å². The molecule has 0 saturated heterocycles. The molecule has 0 amide bonds. The van der Waals surface area contributed by atoms with Gasteiger partial charge in [0.25, 0.3) is 5.56 Å². The highest BCUT2D eigenvalue weighted by atomic mass is 16.1. The minimum atomic E-state index is -0.321. The smallest absolute Gasteiger partial charge is 0.273 e. The van der Waals surface area contributed by atoms with Gasteiger partial charge >= 0.3 is 0 Å². The lowest BCUT2D eigenvalue weighted by atomic mass is 10.2. The number of aromatic nitrogens is 2. The third-order valence-electron chi connectivity index (χ3n) is 3.80. The Hall–Kier alpha value is -2.61. The summed E-state index contributed by atoms with van der Waals surface area (Å²) in [6.07, 6.45) is 8.21. The van der Waals surface area contributed by atoms with Gasteiger partial charge in [-0.1, -0.05) is 12.8 Å². The molecule has 2 heterocycles. The van der Waals surface area contributed by atoms with Crippen molar-refractivity contribution >= 4 is 5.82 Å². The van der Waals surface area contributed by atoms with E-state index in [-0.39, 0.29) is 11.1 Å². The van der Waals surface area contributed by atoms with E-state index in [1.165, 1.54) is 36.3 Å². The van der Waals surface area contributed by atoms with Gasteiger partial charge in [0, 0.05) is 12.2 Å². The Morgan fingerprint density at radius 1 is 1.29 bits per heavy atom. The van der Waals surface area contributed by atoms with Crippen LogP contribution in [0.3, 0.4) is 0 Å². The van der Waals surface area contributed by atoms with Gasteiger partial charge in [-0.3, -0.25) is 9.36 Å². The zero-order chi connectivity index (χ0) is 14.7. The monoisotopic (exact) mass is 280 g/mol. The first kappa shape index (κ1) is 13.4. The number of pyridine rings is 2. The molecule has 2 aromatic heterocycles. The molecule has 1 aliphatic rings. The topological polar surface area (TPSA) is 70.7 Å². The minimum absolute atomic E-state index is 0.130. The number of nitrogens with zero attached hydrogens (tertiary/aromatic N) is 3. The van der Waals surface area contributed by atoms with Crippen molar-refractivity contribution in [2.24, 2.45) is 0 Å². The standard InChI is InChI=1S/C16H16N4O/c17-10-12-4-3-9-20(16(12)21)14-7-8-15(18-11-14)19-13-5-1-2-6-13/h3-4,7-9,11,13H,1-2,5-6H2,(H,18,19). The normalized spacial score (nSPS) is 14.8. The Kier molecular flexibility index (Phi) is 3.69. The second-order valence-corrected chi connectivity index (χ2v) is 5.24. The molecule has 0 spiro atoms. The number of rotatable bonds is 3. The summed E-state index contributed by atoms with van der Waals surface area (Å²) in [7, 11) is 0. The molecule has 3 rings (SSSR count). The molecular formula is C16H16N4O. The number of nitriles is 1. The lowest BCUT2D eigenvalue weighted by Gasteiger charge is -2.13. The minimum Gasteiger partial charge on any atom is -0.367 e. The van der Waals surface area contributed by atoms with Gasteiger partial charge in [0.1, 0.15) is 17.5 Å². The Bertz CT molecular complexity index is 721. The van der Waals surface area contributed by atoms with Crippen LogP contribution in [0.4, 0.5) is 5.82 Å². The molecule has 0 bridgehead atoms. The number of nitrogens with one attached hydrogen (secondary N) is 1. The Balaban J connectivity index is 1.84. The first-order valence-corrected chi connectivity index (χ1v) is 7.12. The van der Waals surface area contributed by atoms with Crippen LogP contribution in [0, 0.1) is 11.3 Å². The van der Waals surface area contributed by atoms with Crippen LogP contribution in [0.2, 0.25) is 0 Å². The molecule has 0 aromatic carbocycles. The zero-order valence-electron chi connectivity index (χ0n) is 11.6. The molecule has 2 aromatic rings. The van der Waals surface area contributed by atoms with E-state index in [0.29, 0.717) is 11.7 Å². The van der Waals surface area contributed by atoms with Crippen molar-refractivity contribution in [3.63, 3.8) is 0 Å². The van der Waals surface area contributed by atoms with Crippen LogP contribution in [-0.4, -0.2) is 15.6 Å². The van der Waals surface area contributed by atoms with Crippen LogP contribution in [0.15, 0.2) is 41.5 Å². The molecule has 5 heteroatoms. The second kappa shape index (κ2) is 5.80. The van der Waals surface area contributed by atoms with Crippen LogP contribution in [0.1, 0.15) is 31.2 Å². The summed E-state index contributed by atoms with van der Waals surface area (Å²) < 4.78 is 1.44. The fourth-order valence-corrected chi connectivity index (χ4v) is 2.68. The van der Waals surface area contributed by atoms with E-state index in [2.05, 4.69) is 10.3 Å². The summed E-state index contributed by atoms with van der Waals surface area (Å²) in [5.74, 6) is 0.829. The van der Waals surface area contributed by atoms with Crippen molar-refractivity contribution in [3.05, 3.63) is 52.6 Å². The summed E-state index contributed by atoms with van der Waals surface area (Å²) in [5.41, 5.74) is 0.470. The summed E-state index contributed by atoms with van der Waals surface area (Å²) in [5, 5.41) is 12.3. The summed E-state index contributed by atoms with van der Waals surface area (Å²) in [6.45, 7) is 0. The largest absolute Gasteiger partial charge is 0.367 e.